The molecule has 0 bridgehead atoms. The molecule has 0 heterocycles. The van der Waals surface area contributed by atoms with Gasteiger partial charge in [0.15, 0.2) is 0 Å². The zero-order valence-electron chi connectivity index (χ0n) is 15.8. The number of hydrogen-bond donors (Lipinski definition) is 1. The predicted octanol–water partition coefficient (Wildman–Crippen LogP) is 3.50. The maximum atomic E-state index is 12.0. The van der Waals surface area contributed by atoms with Gasteiger partial charge in [-0.3, -0.25) is 9.59 Å². The third kappa shape index (κ3) is 2.50. The number of ether oxygens (including phenoxy) is 1. The average Bonchev–Trinajstić information content (AvgIpc) is 2.86. The fourth-order valence-electron chi connectivity index (χ4n) is 7.43. The number of Topliss-reactive ketones (excluding diaryl/α,β-unsaturated/α-hetero) is 1. The standard InChI is InChI=1S/C21H32O4/c1-12(22)25-19-5-4-15-14-11-18(24)17-10-13(23)6-8-20(17,2)16(14)7-9-21(15,19)3/h14-19,24H,4-11H2,1-3H3/t14-,15+,16-,17+,18+,19-,20+,21-/m0/s1. The predicted molar refractivity (Wildman–Crippen MR) is 93.7 cm³/mol. The summed E-state index contributed by atoms with van der Waals surface area (Å²) in [5.74, 6) is 1.93. The van der Waals surface area contributed by atoms with Gasteiger partial charge in [-0.2, -0.15) is 0 Å². The van der Waals surface area contributed by atoms with Crippen LogP contribution in [0.5, 0.6) is 0 Å². The Morgan fingerprint density at radius 3 is 2.52 bits per heavy atom. The Morgan fingerprint density at radius 2 is 1.80 bits per heavy atom. The van der Waals surface area contributed by atoms with Gasteiger partial charge in [-0.05, 0) is 67.6 Å². The molecule has 4 fully saturated rings. The van der Waals surface area contributed by atoms with Crippen LogP contribution in [0.4, 0.5) is 0 Å². The minimum atomic E-state index is -0.356. The third-order valence-corrected chi connectivity index (χ3v) is 8.72. The molecule has 0 aromatic heterocycles. The number of hydrogen-bond acceptors (Lipinski definition) is 4. The van der Waals surface area contributed by atoms with Crippen LogP contribution in [-0.2, 0) is 14.3 Å². The van der Waals surface area contributed by atoms with Crippen molar-refractivity contribution in [3.63, 3.8) is 0 Å². The average molecular weight is 348 g/mol. The zero-order valence-corrected chi connectivity index (χ0v) is 15.8. The van der Waals surface area contributed by atoms with Gasteiger partial charge >= 0.3 is 5.97 Å². The summed E-state index contributed by atoms with van der Waals surface area (Å²) in [4.78, 5) is 23.5. The molecule has 25 heavy (non-hydrogen) atoms. The van der Waals surface area contributed by atoms with E-state index in [1.54, 1.807) is 0 Å². The van der Waals surface area contributed by atoms with Crippen LogP contribution < -0.4 is 0 Å². The zero-order chi connectivity index (χ0) is 18.0. The molecule has 0 unspecified atom stereocenters. The van der Waals surface area contributed by atoms with Crippen molar-refractivity contribution >= 4 is 11.8 Å². The quantitative estimate of drug-likeness (QED) is 0.737. The minimum absolute atomic E-state index is 0.0338. The molecule has 4 saturated carbocycles. The number of esters is 1. The Morgan fingerprint density at radius 1 is 1.08 bits per heavy atom. The van der Waals surface area contributed by atoms with Gasteiger partial charge in [-0.25, -0.2) is 0 Å². The molecule has 0 saturated heterocycles. The highest BCUT2D eigenvalue weighted by atomic mass is 16.5. The summed E-state index contributed by atoms with van der Waals surface area (Å²) in [6, 6.07) is 0. The number of carbonyl (C=O) groups excluding carboxylic acids is 2. The fraction of sp³-hybridized carbons (Fsp3) is 0.905. The van der Waals surface area contributed by atoms with Crippen molar-refractivity contribution in [3.05, 3.63) is 0 Å². The first-order valence-electron chi connectivity index (χ1n) is 10.1. The van der Waals surface area contributed by atoms with Crippen LogP contribution in [-0.4, -0.2) is 29.1 Å². The maximum Gasteiger partial charge on any atom is 0.302 e. The van der Waals surface area contributed by atoms with E-state index >= 15 is 0 Å². The smallest absolute Gasteiger partial charge is 0.302 e. The topological polar surface area (TPSA) is 63.6 Å². The first-order valence-corrected chi connectivity index (χ1v) is 10.1. The van der Waals surface area contributed by atoms with E-state index in [-0.39, 0.29) is 34.9 Å². The minimum Gasteiger partial charge on any atom is -0.462 e. The molecule has 0 aromatic carbocycles. The van der Waals surface area contributed by atoms with E-state index in [2.05, 4.69) is 13.8 Å². The molecule has 0 aliphatic heterocycles. The highest BCUT2D eigenvalue weighted by Gasteiger charge is 2.62. The molecule has 4 aliphatic rings. The second-order valence-electron chi connectivity index (χ2n) is 9.75. The van der Waals surface area contributed by atoms with Crippen molar-refractivity contribution in [1.82, 2.24) is 0 Å². The molecule has 0 aromatic rings. The Kier molecular flexibility index (Phi) is 4.06. The van der Waals surface area contributed by atoms with Crippen LogP contribution in [0.2, 0.25) is 0 Å². The molecule has 4 heteroatoms. The van der Waals surface area contributed by atoms with Crippen molar-refractivity contribution in [3.8, 4) is 0 Å². The number of rotatable bonds is 1. The Hall–Kier alpha value is -0.900. The van der Waals surface area contributed by atoms with Gasteiger partial charge in [0, 0.05) is 25.2 Å². The van der Waals surface area contributed by atoms with Crippen molar-refractivity contribution in [2.24, 2.45) is 34.5 Å². The Labute approximate surface area is 150 Å². The van der Waals surface area contributed by atoms with Crippen LogP contribution in [0.1, 0.15) is 72.1 Å². The summed E-state index contributed by atoms with van der Waals surface area (Å²) in [5, 5.41) is 10.9. The molecule has 4 nitrogen and oxygen atoms in total. The van der Waals surface area contributed by atoms with Crippen LogP contribution in [0.15, 0.2) is 0 Å². The van der Waals surface area contributed by atoms with Gasteiger partial charge in [-0.15, -0.1) is 0 Å². The molecule has 1 N–H and O–H groups in total. The molecular weight excluding hydrogens is 316 g/mol. The second kappa shape index (κ2) is 5.80. The number of fused-ring (bicyclic) bond motifs is 5. The SMILES string of the molecule is CC(=O)O[C@H]1CC[C@@H]2[C@@H]3C[C@@H](O)[C@H]4CC(=O)CC[C@]4(C)[C@H]3CC[C@]12C. The van der Waals surface area contributed by atoms with E-state index in [1.165, 1.54) is 6.92 Å². The van der Waals surface area contributed by atoms with Crippen molar-refractivity contribution in [2.45, 2.75) is 84.3 Å². The van der Waals surface area contributed by atoms with Crippen molar-refractivity contribution in [1.29, 1.82) is 0 Å². The molecule has 8 atom stereocenters. The van der Waals surface area contributed by atoms with Crippen molar-refractivity contribution < 1.29 is 19.4 Å². The lowest BCUT2D eigenvalue weighted by Crippen LogP contribution is -2.58. The first kappa shape index (κ1) is 17.5. The highest BCUT2D eigenvalue weighted by molar-refractivity contribution is 5.79. The number of aliphatic hydroxyl groups excluding tert-OH is 1. The van der Waals surface area contributed by atoms with E-state index in [4.69, 9.17) is 4.74 Å². The third-order valence-electron chi connectivity index (χ3n) is 8.72. The van der Waals surface area contributed by atoms with Gasteiger partial charge in [0.25, 0.3) is 0 Å². The fourth-order valence-corrected chi connectivity index (χ4v) is 7.43. The van der Waals surface area contributed by atoms with E-state index in [0.717, 1.165) is 38.5 Å². The molecular formula is C21H32O4. The van der Waals surface area contributed by atoms with E-state index in [1.807, 2.05) is 0 Å². The van der Waals surface area contributed by atoms with E-state index < -0.39 is 0 Å². The van der Waals surface area contributed by atoms with Gasteiger partial charge < -0.3 is 9.84 Å². The molecule has 0 spiro atoms. The summed E-state index contributed by atoms with van der Waals surface area (Å²) in [5.41, 5.74) is 0.150. The Balaban J connectivity index is 1.62. The summed E-state index contributed by atoms with van der Waals surface area (Å²) >= 11 is 0. The number of ketones is 1. The number of carbonyl (C=O) groups is 2. The largest absolute Gasteiger partial charge is 0.462 e. The van der Waals surface area contributed by atoms with Crippen LogP contribution >= 0.6 is 0 Å². The molecule has 0 amide bonds. The second-order valence-corrected chi connectivity index (χ2v) is 9.75. The lowest BCUT2D eigenvalue weighted by molar-refractivity contribution is -0.176. The van der Waals surface area contributed by atoms with Crippen LogP contribution in [0.25, 0.3) is 0 Å². The molecule has 4 rings (SSSR count). The lowest BCUT2D eigenvalue weighted by atomic mass is 9.44. The normalized spacial score (nSPS) is 52.1. The van der Waals surface area contributed by atoms with Gasteiger partial charge in [-0.1, -0.05) is 13.8 Å². The van der Waals surface area contributed by atoms with Crippen LogP contribution in [0, 0.1) is 34.5 Å². The lowest BCUT2D eigenvalue weighted by Gasteiger charge is -2.61. The summed E-state index contributed by atoms with van der Waals surface area (Å²) in [7, 11) is 0. The monoisotopic (exact) mass is 348 g/mol. The summed E-state index contributed by atoms with van der Waals surface area (Å²) in [6.45, 7) is 6.16. The molecule has 140 valence electrons. The maximum absolute atomic E-state index is 12.0. The van der Waals surface area contributed by atoms with E-state index in [0.29, 0.717) is 36.4 Å². The Bertz CT molecular complexity index is 586. The molecule has 4 aliphatic carbocycles. The molecule has 0 radical (unpaired) electrons. The first-order chi connectivity index (χ1) is 11.8. The highest BCUT2D eigenvalue weighted by Crippen LogP contribution is 2.66. The van der Waals surface area contributed by atoms with Gasteiger partial charge in [0.2, 0.25) is 0 Å². The summed E-state index contributed by atoms with van der Waals surface area (Å²) < 4.78 is 5.69. The van der Waals surface area contributed by atoms with Gasteiger partial charge in [0.1, 0.15) is 11.9 Å². The van der Waals surface area contributed by atoms with Crippen LogP contribution in [0.3, 0.4) is 0 Å². The van der Waals surface area contributed by atoms with Crippen molar-refractivity contribution in [2.75, 3.05) is 0 Å². The van der Waals surface area contributed by atoms with Gasteiger partial charge in [0.05, 0.1) is 6.10 Å². The summed E-state index contributed by atoms with van der Waals surface area (Å²) in [6.07, 6.45) is 6.99. The van der Waals surface area contributed by atoms with E-state index in [9.17, 15) is 14.7 Å². The number of aliphatic hydroxyl groups is 1.